The molecule has 0 unspecified atom stereocenters. The van der Waals surface area contributed by atoms with E-state index in [1.807, 2.05) is 0 Å². The molecule has 0 amide bonds. The Hall–Kier alpha value is -2.46. The minimum absolute atomic E-state index is 0.679. The summed E-state index contributed by atoms with van der Waals surface area (Å²) in [6.45, 7) is 4.30. The zero-order chi connectivity index (χ0) is 20.4. The van der Waals surface area contributed by atoms with Crippen molar-refractivity contribution in [3.8, 4) is 0 Å². The molecule has 0 bridgehead atoms. The molecule has 4 rings (SSSR count). The van der Waals surface area contributed by atoms with E-state index in [0.717, 1.165) is 45.4 Å². The van der Waals surface area contributed by atoms with Crippen LogP contribution in [0.4, 0.5) is 0 Å². The number of hydrogen-bond acceptors (Lipinski definition) is 3. The van der Waals surface area contributed by atoms with Gasteiger partial charge in [-0.05, 0) is 48.3 Å². The second-order valence-corrected chi connectivity index (χ2v) is 8.35. The summed E-state index contributed by atoms with van der Waals surface area (Å²) in [5.74, 6) is 0.679. The fourth-order valence-electron chi connectivity index (χ4n) is 4.26. The molecule has 0 radical (unpaired) electrons. The monoisotopic (exact) mass is 399 g/mol. The summed E-state index contributed by atoms with van der Waals surface area (Å²) >= 11 is 0. The van der Waals surface area contributed by atoms with E-state index in [0.29, 0.717) is 5.92 Å². The van der Waals surface area contributed by atoms with Gasteiger partial charge in [-0.25, -0.2) is 10.0 Å². The van der Waals surface area contributed by atoms with Crippen LogP contribution in [0.15, 0.2) is 91.0 Å². The van der Waals surface area contributed by atoms with Crippen LogP contribution in [0.5, 0.6) is 0 Å². The maximum absolute atomic E-state index is 3.69. The SMILES string of the molecule is c1ccc(CCC2CN(CCc3ccccc3)NN(CCc3ccccc3)C2)cc1. The smallest absolute Gasteiger partial charge is 0.0185 e. The minimum Gasteiger partial charge on any atom is -0.230 e. The number of hydrazine groups is 2. The van der Waals surface area contributed by atoms with E-state index in [4.69, 9.17) is 0 Å². The van der Waals surface area contributed by atoms with Gasteiger partial charge in [0, 0.05) is 26.2 Å². The highest BCUT2D eigenvalue weighted by Crippen LogP contribution is 2.17. The molecular formula is C27H33N3. The zero-order valence-corrected chi connectivity index (χ0v) is 17.8. The van der Waals surface area contributed by atoms with Gasteiger partial charge in [0.1, 0.15) is 0 Å². The van der Waals surface area contributed by atoms with Gasteiger partial charge in [0.15, 0.2) is 0 Å². The van der Waals surface area contributed by atoms with E-state index in [9.17, 15) is 0 Å². The van der Waals surface area contributed by atoms with Crippen molar-refractivity contribution in [3.63, 3.8) is 0 Å². The lowest BCUT2D eigenvalue weighted by Crippen LogP contribution is -2.59. The lowest BCUT2D eigenvalue weighted by molar-refractivity contribution is -0.0437. The highest BCUT2D eigenvalue weighted by molar-refractivity contribution is 5.16. The van der Waals surface area contributed by atoms with E-state index in [1.165, 1.54) is 23.1 Å². The Labute approximate surface area is 181 Å². The van der Waals surface area contributed by atoms with Gasteiger partial charge in [0.2, 0.25) is 0 Å². The van der Waals surface area contributed by atoms with E-state index in [1.54, 1.807) is 0 Å². The van der Waals surface area contributed by atoms with Crippen LogP contribution >= 0.6 is 0 Å². The van der Waals surface area contributed by atoms with Crippen molar-refractivity contribution < 1.29 is 0 Å². The highest BCUT2D eigenvalue weighted by atomic mass is 15.8. The van der Waals surface area contributed by atoms with Crippen LogP contribution in [0, 0.1) is 5.92 Å². The quantitative estimate of drug-likeness (QED) is 0.560. The summed E-state index contributed by atoms with van der Waals surface area (Å²) in [7, 11) is 0. The van der Waals surface area contributed by atoms with Crippen LogP contribution < -0.4 is 5.53 Å². The summed E-state index contributed by atoms with van der Waals surface area (Å²) < 4.78 is 0. The van der Waals surface area contributed by atoms with Crippen molar-refractivity contribution in [2.75, 3.05) is 26.2 Å². The second kappa shape index (κ2) is 11.1. The first-order valence-electron chi connectivity index (χ1n) is 11.2. The number of hydrogen-bond donors (Lipinski definition) is 1. The first-order valence-corrected chi connectivity index (χ1v) is 11.2. The summed E-state index contributed by atoms with van der Waals surface area (Å²) in [6.07, 6.45) is 4.54. The van der Waals surface area contributed by atoms with Crippen molar-refractivity contribution >= 4 is 0 Å². The number of benzene rings is 3. The Morgan fingerprint density at radius 1 is 0.567 bits per heavy atom. The van der Waals surface area contributed by atoms with E-state index in [-0.39, 0.29) is 0 Å². The van der Waals surface area contributed by atoms with E-state index in [2.05, 4.69) is 107 Å². The molecule has 1 aliphatic rings. The molecule has 3 nitrogen and oxygen atoms in total. The van der Waals surface area contributed by atoms with Gasteiger partial charge >= 0.3 is 0 Å². The maximum atomic E-state index is 3.69. The molecular weight excluding hydrogens is 366 g/mol. The molecule has 0 aliphatic carbocycles. The minimum atomic E-state index is 0.679. The lowest BCUT2D eigenvalue weighted by atomic mass is 9.98. The molecule has 1 saturated heterocycles. The van der Waals surface area contributed by atoms with Crippen molar-refractivity contribution in [2.45, 2.75) is 25.7 Å². The first kappa shape index (κ1) is 20.8. The predicted molar refractivity (Wildman–Crippen MR) is 125 cm³/mol. The standard InChI is InChI=1S/C27H33N3/c1-4-10-24(11-5-1)16-17-27-22-29(20-18-25-12-6-2-7-13-25)28-30(23-27)21-19-26-14-8-3-9-15-26/h1-15,27-28H,16-23H2. The van der Waals surface area contributed by atoms with Crippen molar-refractivity contribution in [3.05, 3.63) is 108 Å². The molecule has 1 heterocycles. The third kappa shape index (κ3) is 6.53. The molecule has 1 aliphatic heterocycles. The molecule has 0 aromatic heterocycles. The third-order valence-corrected chi connectivity index (χ3v) is 5.95. The molecule has 1 N–H and O–H groups in total. The normalized spacial score (nSPS) is 16.0. The van der Waals surface area contributed by atoms with Crippen molar-refractivity contribution in [2.24, 2.45) is 5.92 Å². The average Bonchev–Trinajstić information content (AvgIpc) is 2.82. The Kier molecular flexibility index (Phi) is 7.68. The molecule has 3 heteroatoms. The number of nitrogens with one attached hydrogen (secondary N) is 1. The van der Waals surface area contributed by atoms with Gasteiger partial charge < -0.3 is 0 Å². The van der Waals surface area contributed by atoms with Crippen LogP contribution in [-0.4, -0.2) is 36.2 Å². The summed E-state index contributed by atoms with van der Waals surface area (Å²) in [5.41, 5.74) is 7.94. The average molecular weight is 400 g/mol. The first-order chi connectivity index (χ1) is 14.8. The van der Waals surface area contributed by atoms with Gasteiger partial charge in [0.25, 0.3) is 0 Å². The Morgan fingerprint density at radius 2 is 0.967 bits per heavy atom. The number of rotatable bonds is 9. The molecule has 0 spiro atoms. The second-order valence-electron chi connectivity index (χ2n) is 8.35. The van der Waals surface area contributed by atoms with Gasteiger partial charge in [-0.3, -0.25) is 0 Å². The molecule has 3 aromatic carbocycles. The Bertz CT molecular complexity index is 727. The third-order valence-electron chi connectivity index (χ3n) is 5.95. The fraction of sp³-hybridized carbons (Fsp3) is 0.333. The molecule has 156 valence electrons. The predicted octanol–water partition coefficient (Wildman–Crippen LogP) is 4.76. The van der Waals surface area contributed by atoms with Crippen LogP contribution in [0.25, 0.3) is 0 Å². The molecule has 0 atom stereocenters. The summed E-state index contributed by atoms with van der Waals surface area (Å²) in [6, 6.07) is 32.5. The van der Waals surface area contributed by atoms with Crippen LogP contribution in [0.1, 0.15) is 23.1 Å². The van der Waals surface area contributed by atoms with E-state index >= 15 is 0 Å². The zero-order valence-electron chi connectivity index (χ0n) is 17.8. The topological polar surface area (TPSA) is 18.5 Å². The van der Waals surface area contributed by atoms with Crippen molar-refractivity contribution in [1.29, 1.82) is 0 Å². The molecule has 1 fully saturated rings. The van der Waals surface area contributed by atoms with Gasteiger partial charge in [-0.2, -0.15) is 5.53 Å². The fourth-order valence-corrected chi connectivity index (χ4v) is 4.26. The Balaban J connectivity index is 1.34. The largest absolute Gasteiger partial charge is 0.230 e. The molecule has 0 saturated carbocycles. The maximum Gasteiger partial charge on any atom is 0.0185 e. The highest BCUT2D eigenvalue weighted by Gasteiger charge is 2.24. The lowest BCUT2D eigenvalue weighted by Gasteiger charge is -2.41. The van der Waals surface area contributed by atoms with Gasteiger partial charge in [0.05, 0.1) is 0 Å². The van der Waals surface area contributed by atoms with Crippen LogP contribution in [-0.2, 0) is 19.3 Å². The van der Waals surface area contributed by atoms with Crippen molar-refractivity contribution in [1.82, 2.24) is 15.6 Å². The van der Waals surface area contributed by atoms with Gasteiger partial charge in [-0.15, -0.1) is 0 Å². The van der Waals surface area contributed by atoms with Gasteiger partial charge in [-0.1, -0.05) is 91.0 Å². The summed E-state index contributed by atoms with van der Waals surface area (Å²) in [4.78, 5) is 0. The Morgan fingerprint density at radius 3 is 1.40 bits per heavy atom. The van der Waals surface area contributed by atoms with E-state index < -0.39 is 0 Å². The number of nitrogens with zero attached hydrogens (tertiary/aromatic N) is 2. The molecule has 3 aromatic rings. The number of aryl methyl sites for hydroxylation is 1. The van der Waals surface area contributed by atoms with Crippen LogP contribution in [0.3, 0.4) is 0 Å². The molecule has 30 heavy (non-hydrogen) atoms. The summed E-state index contributed by atoms with van der Waals surface area (Å²) in [5, 5.41) is 4.86. The van der Waals surface area contributed by atoms with Crippen LogP contribution in [0.2, 0.25) is 0 Å².